The van der Waals surface area contributed by atoms with E-state index < -0.39 is 23.6 Å². The van der Waals surface area contributed by atoms with Gasteiger partial charge in [0.2, 0.25) is 5.54 Å². The summed E-state index contributed by atoms with van der Waals surface area (Å²) in [5, 5.41) is 11.1. The van der Waals surface area contributed by atoms with Gasteiger partial charge in [-0.05, 0) is 19.4 Å². The summed E-state index contributed by atoms with van der Waals surface area (Å²) in [6, 6.07) is 8.85. The van der Waals surface area contributed by atoms with Gasteiger partial charge in [-0.15, -0.1) is 0 Å². The Bertz CT molecular complexity index is 515. The van der Waals surface area contributed by atoms with Gasteiger partial charge in [0, 0.05) is 0 Å². The highest BCUT2D eigenvalue weighted by Crippen LogP contribution is 2.09. The summed E-state index contributed by atoms with van der Waals surface area (Å²) in [5.41, 5.74) is -1.45. The minimum Gasteiger partial charge on any atom is -0.479 e. The first-order valence-corrected chi connectivity index (χ1v) is 6.29. The van der Waals surface area contributed by atoms with Crippen LogP contribution in [-0.4, -0.2) is 35.3 Å². The van der Waals surface area contributed by atoms with E-state index >= 15 is 0 Å². The van der Waals surface area contributed by atoms with E-state index in [1.807, 2.05) is 11.4 Å². The maximum absolute atomic E-state index is 11.6. The molecule has 0 fully saturated rings. The lowest BCUT2D eigenvalue weighted by atomic mass is 10.0. The molecule has 0 heterocycles. The number of aliphatic carboxylic acids is 1. The summed E-state index contributed by atoms with van der Waals surface area (Å²) in [5.74, 6) is -2.59. The first-order chi connectivity index (χ1) is 9.90. The van der Waals surface area contributed by atoms with E-state index in [-0.39, 0.29) is 13.2 Å². The number of carboxylic acids is 1. The number of rotatable bonds is 6. The van der Waals surface area contributed by atoms with E-state index in [0.29, 0.717) is 0 Å². The van der Waals surface area contributed by atoms with Gasteiger partial charge < -0.3 is 14.6 Å². The van der Waals surface area contributed by atoms with Gasteiger partial charge >= 0.3 is 18.0 Å². The van der Waals surface area contributed by atoms with Gasteiger partial charge in [0.1, 0.15) is 6.61 Å². The summed E-state index contributed by atoms with van der Waals surface area (Å²) < 4.78 is 9.52. The fourth-order valence-electron chi connectivity index (χ4n) is 1.43. The summed E-state index contributed by atoms with van der Waals surface area (Å²) in [4.78, 5) is 34.5. The molecule has 7 heteroatoms. The largest absolute Gasteiger partial charge is 0.479 e. The Balaban J connectivity index is 2.65. The molecule has 0 saturated heterocycles. The molecular formula is C14H17NO6. The van der Waals surface area contributed by atoms with Gasteiger partial charge in [0.25, 0.3) is 0 Å². The standard InChI is InChI=1S/C14H17NO6/c1-3-20-12(18)14(2,11(16)17)15-13(19)21-9-10-7-5-4-6-8-10/h4-8H,3,9H2,1-2H3,(H,15,19)(H,16,17)/t14-/m1/s1. The molecule has 0 spiro atoms. The number of alkyl carbamates (subject to hydrolysis) is 1. The first kappa shape index (κ1) is 16.5. The fraction of sp³-hybridized carbons (Fsp3) is 0.357. The van der Waals surface area contributed by atoms with Crippen LogP contribution in [0.2, 0.25) is 0 Å². The van der Waals surface area contributed by atoms with E-state index in [0.717, 1.165) is 12.5 Å². The Kier molecular flexibility index (Phi) is 5.71. The third kappa shape index (κ3) is 4.48. The number of amides is 1. The number of nitrogens with one attached hydrogen (secondary N) is 1. The minimum absolute atomic E-state index is 0.00243. The van der Waals surface area contributed by atoms with Gasteiger partial charge in [0.05, 0.1) is 6.61 Å². The molecule has 21 heavy (non-hydrogen) atoms. The molecule has 2 N–H and O–H groups in total. The lowest BCUT2D eigenvalue weighted by Crippen LogP contribution is -2.58. The number of carbonyl (C=O) groups excluding carboxylic acids is 2. The van der Waals surface area contributed by atoms with Crippen molar-refractivity contribution in [3.8, 4) is 0 Å². The smallest absolute Gasteiger partial charge is 0.408 e. The molecule has 7 nitrogen and oxygen atoms in total. The summed E-state index contributed by atoms with van der Waals surface area (Å²) in [6.07, 6.45) is -1.02. The number of hydrogen-bond acceptors (Lipinski definition) is 5. The molecule has 0 unspecified atom stereocenters. The molecule has 1 rings (SSSR count). The molecule has 1 aromatic rings. The molecule has 0 radical (unpaired) electrons. The topological polar surface area (TPSA) is 102 Å². The van der Waals surface area contributed by atoms with Crippen LogP contribution in [0.4, 0.5) is 4.79 Å². The van der Waals surface area contributed by atoms with Crippen LogP contribution in [0.25, 0.3) is 0 Å². The van der Waals surface area contributed by atoms with Crippen molar-refractivity contribution in [2.45, 2.75) is 26.0 Å². The van der Waals surface area contributed by atoms with Gasteiger partial charge in [0.15, 0.2) is 0 Å². The van der Waals surface area contributed by atoms with Crippen LogP contribution < -0.4 is 5.32 Å². The highest BCUT2D eigenvalue weighted by atomic mass is 16.6. The van der Waals surface area contributed by atoms with Crippen LogP contribution in [0.3, 0.4) is 0 Å². The summed E-state index contributed by atoms with van der Waals surface area (Å²) in [7, 11) is 0. The highest BCUT2D eigenvalue weighted by molar-refractivity contribution is 6.05. The Morgan fingerprint density at radius 2 is 1.81 bits per heavy atom. The zero-order valence-corrected chi connectivity index (χ0v) is 11.8. The van der Waals surface area contributed by atoms with Crippen molar-refractivity contribution < 1.29 is 29.0 Å². The normalized spacial score (nSPS) is 12.9. The second kappa shape index (κ2) is 7.28. The van der Waals surface area contributed by atoms with Crippen LogP contribution >= 0.6 is 0 Å². The SMILES string of the molecule is CCOC(=O)[C@](C)(NC(=O)OCc1ccccc1)C(=O)O. The second-order valence-corrected chi connectivity index (χ2v) is 4.34. The molecule has 1 atom stereocenters. The monoisotopic (exact) mass is 295 g/mol. The van der Waals surface area contributed by atoms with E-state index in [1.165, 1.54) is 6.92 Å². The van der Waals surface area contributed by atoms with Crippen molar-refractivity contribution in [1.82, 2.24) is 5.32 Å². The van der Waals surface area contributed by atoms with Crippen molar-refractivity contribution in [2.24, 2.45) is 0 Å². The summed E-state index contributed by atoms with van der Waals surface area (Å²) >= 11 is 0. The van der Waals surface area contributed by atoms with E-state index in [9.17, 15) is 14.4 Å². The number of benzene rings is 1. The van der Waals surface area contributed by atoms with Gasteiger partial charge in [-0.3, -0.25) is 5.32 Å². The van der Waals surface area contributed by atoms with Crippen molar-refractivity contribution in [1.29, 1.82) is 0 Å². The molecule has 0 aliphatic heterocycles. The van der Waals surface area contributed by atoms with Crippen molar-refractivity contribution in [3.05, 3.63) is 35.9 Å². The zero-order chi connectivity index (χ0) is 15.9. The highest BCUT2D eigenvalue weighted by Gasteiger charge is 2.45. The lowest BCUT2D eigenvalue weighted by Gasteiger charge is -2.23. The minimum atomic E-state index is -2.19. The van der Waals surface area contributed by atoms with Crippen molar-refractivity contribution in [3.63, 3.8) is 0 Å². The zero-order valence-electron chi connectivity index (χ0n) is 11.8. The predicted octanol–water partition coefficient (Wildman–Crippen LogP) is 1.32. The molecule has 0 bridgehead atoms. The second-order valence-electron chi connectivity index (χ2n) is 4.34. The average Bonchev–Trinajstić information content (AvgIpc) is 2.46. The van der Waals surface area contributed by atoms with Gasteiger partial charge in [-0.2, -0.15) is 0 Å². The van der Waals surface area contributed by atoms with E-state index in [2.05, 4.69) is 4.74 Å². The van der Waals surface area contributed by atoms with Crippen LogP contribution in [0.5, 0.6) is 0 Å². The molecule has 0 aliphatic carbocycles. The van der Waals surface area contributed by atoms with Crippen LogP contribution in [0.15, 0.2) is 30.3 Å². The third-order valence-corrected chi connectivity index (χ3v) is 2.68. The number of ether oxygens (including phenoxy) is 2. The number of carboxylic acid groups (broad SMARTS) is 1. The van der Waals surface area contributed by atoms with Gasteiger partial charge in [-0.1, -0.05) is 30.3 Å². The Morgan fingerprint density at radius 3 is 2.33 bits per heavy atom. The molecule has 1 aromatic carbocycles. The lowest BCUT2D eigenvalue weighted by molar-refractivity contribution is -0.161. The molecule has 114 valence electrons. The van der Waals surface area contributed by atoms with Crippen LogP contribution in [-0.2, 0) is 25.7 Å². The Morgan fingerprint density at radius 1 is 1.19 bits per heavy atom. The molecule has 0 aliphatic rings. The molecular weight excluding hydrogens is 278 g/mol. The Labute approximate surface area is 121 Å². The van der Waals surface area contributed by atoms with E-state index in [4.69, 9.17) is 9.84 Å². The maximum atomic E-state index is 11.6. The number of carbonyl (C=O) groups is 3. The molecule has 1 amide bonds. The molecule has 0 saturated carbocycles. The van der Waals surface area contributed by atoms with Gasteiger partial charge in [-0.25, -0.2) is 14.4 Å². The average molecular weight is 295 g/mol. The number of esters is 1. The van der Waals surface area contributed by atoms with Crippen LogP contribution in [0.1, 0.15) is 19.4 Å². The van der Waals surface area contributed by atoms with E-state index in [1.54, 1.807) is 24.3 Å². The maximum Gasteiger partial charge on any atom is 0.408 e. The van der Waals surface area contributed by atoms with Crippen molar-refractivity contribution in [2.75, 3.05) is 6.61 Å². The quantitative estimate of drug-likeness (QED) is 0.606. The number of hydrogen-bond donors (Lipinski definition) is 2. The van der Waals surface area contributed by atoms with Crippen LogP contribution in [0, 0.1) is 0 Å². The first-order valence-electron chi connectivity index (χ1n) is 6.29. The third-order valence-electron chi connectivity index (χ3n) is 2.68. The summed E-state index contributed by atoms with van der Waals surface area (Å²) in [6.45, 7) is 2.54. The Hall–Kier alpha value is -2.57. The molecule has 0 aromatic heterocycles. The fourth-order valence-corrected chi connectivity index (χ4v) is 1.43. The van der Waals surface area contributed by atoms with Crippen molar-refractivity contribution >= 4 is 18.0 Å². The predicted molar refractivity (Wildman–Crippen MR) is 72.4 cm³/mol.